The molecule has 0 aliphatic rings. The molecule has 0 saturated heterocycles. The van der Waals surface area contributed by atoms with Crippen LogP contribution in [0.1, 0.15) is 23.0 Å². The van der Waals surface area contributed by atoms with Gasteiger partial charge in [-0.25, -0.2) is 4.98 Å². The summed E-state index contributed by atoms with van der Waals surface area (Å²) in [6.07, 6.45) is 0.715. The number of benzene rings is 1. The fourth-order valence-corrected chi connectivity index (χ4v) is 4.39. The van der Waals surface area contributed by atoms with Gasteiger partial charge in [-0.3, -0.25) is 4.79 Å². The quantitative estimate of drug-likeness (QED) is 0.542. The summed E-state index contributed by atoms with van der Waals surface area (Å²) in [5, 5.41) is 3.17. The molecule has 0 atom stereocenters. The van der Waals surface area contributed by atoms with E-state index in [1.165, 1.54) is 0 Å². The number of halogens is 4. The number of amides is 1. The predicted octanol–water partition coefficient (Wildman–Crippen LogP) is 5.84. The zero-order chi connectivity index (χ0) is 15.6. The van der Waals surface area contributed by atoms with Gasteiger partial charge in [-0.1, -0.05) is 34.5 Å². The van der Waals surface area contributed by atoms with Crippen molar-refractivity contribution in [3.8, 4) is 0 Å². The van der Waals surface area contributed by atoms with Crippen LogP contribution in [-0.2, 0) is 6.42 Å². The minimum absolute atomic E-state index is 0.238. The SMILES string of the molecule is CCc1cc(C(=O)Nc2c(Br)cc(Br)cc2Br)cc(Cl)n1. The van der Waals surface area contributed by atoms with Gasteiger partial charge in [0.25, 0.3) is 5.91 Å². The largest absolute Gasteiger partial charge is 0.320 e. The molecule has 1 amide bonds. The number of nitrogens with zero attached hydrogens (tertiary/aromatic N) is 1. The van der Waals surface area contributed by atoms with Crippen molar-refractivity contribution in [2.45, 2.75) is 13.3 Å². The molecule has 1 aromatic heterocycles. The van der Waals surface area contributed by atoms with E-state index >= 15 is 0 Å². The molecule has 2 rings (SSSR count). The third-order valence-electron chi connectivity index (χ3n) is 2.72. The van der Waals surface area contributed by atoms with Crippen LogP contribution in [0.5, 0.6) is 0 Å². The molecule has 0 unspecified atom stereocenters. The molecule has 0 radical (unpaired) electrons. The molecule has 1 aromatic carbocycles. The number of pyridine rings is 1. The smallest absolute Gasteiger partial charge is 0.255 e. The van der Waals surface area contributed by atoms with Crippen LogP contribution in [0.4, 0.5) is 5.69 Å². The summed E-state index contributed by atoms with van der Waals surface area (Å²) in [6, 6.07) is 7.01. The van der Waals surface area contributed by atoms with E-state index in [0.29, 0.717) is 22.8 Å². The van der Waals surface area contributed by atoms with Crippen molar-refractivity contribution in [2.24, 2.45) is 0 Å². The molecule has 21 heavy (non-hydrogen) atoms. The van der Waals surface area contributed by atoms with E-state index < -0.39 is 0 Å². The molecule has 7 heteroatoms. The summed E-state index contributed by atoms with van der Waals surface area (Å²) < 4.78 is 2.44. The van der Waals surface area contributed by atoms with Crippen molar-refractivity contribution < 1.29 is 4.79 Å². The van der Waals surface area contributed by atoms with Gasteiger partial charge < -0.3 is 5.32 Å². The van der Waals surface area contributed by atoms with E-state index in [1.54, 1.807) is 12.1 Å². The Morgan fingerprint density at radius 2 is 1.81 bits per heavy atom. The highest BCUT2D eigenvalue weighted by Crippen LogP contribution is 2.34. The molecule has 0 fully saturated rings. The Morgan fingerprint density at radius 1 is 1.19 bits per heavy atom. The lowest BCUT2D eigenvalue weighted by Crippen LogP contribution is -2.13. The molecule has 3 nitrogen and oxygen atoms in total. The van der Waals surface area contributed by atoms with Crippen LogP contribution in [0.2, 0.25) is 5.15 Å². The standard InChI is InChI=1S/C14H10Br3ClN2O/c1-2-9-3-7(4-12(18)19-9)14(21)20-13-10(16)5-8(15)6-11(13)17/h3-6H,2H2,1H3,(H,20,21). The maximum atomic E-state index is 12.4. The summed E-state index contributed by atoms with van der Waals surface area (Å²) in [5.74, 6) is -0.238. The van der Waals surface area contributed by atoms with Crippen LogP contribution < -0.4 is 5.32 Å². The average Bonchev–Trinajstić information content (AvgIpc) is 2.41. The third-order valence-corrected chi connectivity index (χ3v) is 4.62. The highest BCUT2D eigenvalue weighted by Gasteiger charge is 2.13. The Labute approximate surface area is 152 Å². The first kappa shape index (κ1) is 16.9. The highest BCUT2D eigenvalue weighted by atomic mass is 79.9. The summed E-state index contributed by atoms with van der Waals surface area (Å²) in [6.45, 7) is 1.96. The van der Waals surface area contributed by atoms with Gasteiger partial charge in [-0.05, 0) is 62.5 Å². The van der Waals surface area contributed by atoms with Gasteiger partial charge in [0.15, 0.2) is 0 Å². The predicted molar refractivity (Wildman–Crippen MR) is 96.1 cm³/mol. The number of anilines is 1. The minimum atomic E-state index is -0.238. The number of aromatic nitrogens is 1. The summed E-state index contributed by atoms with van der Waals surface area (Å²) in [4.78, 5) is 16.5. The van der Waals surface area contributed by atoms with Gasteiger partial charge in [0.2, 0.25) is 0 Å². The number of carbonyl (C=O) groups is 1. The first-order valence-corrected chi connectivity index (χ1v) is 8.78. The molecule has 0 bridgehead atoms. The Kier molecular flexibility index (Phi) is 5.82. The monoisotopic (exact) mass is 494 g/mol. The number of hydrogen-bond acceptors (Lipinski definition) is 2. The molecule has 0 saturated carbocycles. The Morgan fingerprint density at radius 3 is 2.38 bits per heavy atom. The lowest BCUT2D eigenvalue weighted by atomic mass is 10.2. The normalized spacial score (nSPS) is 10.5. The van der Waals surface area contributed by atoms with Gasteiger partial charge in [0.1, 0.15) is 5.15 Å². The van der Waals surface area contributed by atoms with Gasteiger partial charge >= 0.3 is 0 Å². The van der Waals surface area contributed by atoms with Crippen molar-refractivity contribution in [1.82, 2.24) is 4.98 Å². The van der Waals surface area contributed by atoms with Gasteiger partial charge in [-0.15, -0.1) is 0 Å². The molecule has 110 valence electrons. The molecule has 1 N–H and O–H groups in total. The second-order valence-corrected chi connectivity index (χ2v) is 7.23. The van der Waals surface area contributed by atoms with Crippen molar-refractivity contribution in [3.63, 3.8) is 0 Å². The van der Waals surface area contributed by atoms with E-state index in [2.05, 4.69) is 58.1 Å². The molecule has 1 heterocycles. The van der Waals surface area contributed by atoms with Crippen LogP contribution in [-0.4, -0.2) is 10.9 Å². The molecule has 0 aliphatic carbocycles. The van der Waals surface area contributed by atoms with Crippen LogP contribution >= 0.6 is 59.4 Å². The maximum absolute atomic E-state index is 12.4. The van der Waals surface area contributed by atoms with Gasteiger partial charge in [-0.2, -0.15) is 0 Å². The first-order chi connectivity index (χ1) is 9.90. The lowest BCUT2D eigenvalue weighted by Gasteiger charge is -2.11. The van der Waals surface area contributed by atoms with E-state index in [1.807, 2.05) is 19.1 Å². The van der Waals surface area contributed by atoms with E-state index in [0.717, 1.165) is 19.1 Å². The average molecular weight is 497 g/mol. The van der Waals surface area contributed by atoms with Crippen LogP contribution in [0, 0.1) is 0 Å². The zero-order valence-corrected chi connectivity index (χ0v) is 16.4. The van der Waals surface area contributed by atoms with Crippen LogP contribution in [0.15, 0.2) is 37.7 Å². The molecule has 2 aromatic rings. The topological polar surface area (TPSA) is 42.0 Å². The summed E-state index contributed by atoms with van der Waals surface area (Å²) in [7, 11) is 0. The minimum Gasteiger partial charge on any atom is -0.320 e. The van der Waals surface area contributed by atoms with E-state index in [9.17, 15) is 4.79 Å². The molecule has 0 aliphatic heterocycles. The Bertz CT molecular complexity index is 684. The third kappa shape index (κ3) is 4.28. The number of aryl methyl sites for hydroxylation is 1. The summed E-state index contributed by atoms with van der Waals surface area (Å²) >= 11 is 16.2. The maximum Gasteiger partial charge on any atom is 0.255 e. The van der Waals surface area contributed by atoms with Gasteiger partial charge in [0, 0.05) is 24.7 Å². The zero-order valence-electron chi connectivity index (χ0n) is 10.9. The summed E-state index contributed by atoms with van der Waals surface area (Å²) in [5.41, 5.74) is 1.92. The lowest BCUT2D eigenvalue weighted by molar-refractivity contribution is 0.102. The Hall–Kier alpha value is -0.430. The number of hydrogen-bond donors (Lipinski definition) is 1. The van der Waals surface area contributed by atoms with Crippen molar-refractivity contribution >= 4 is 71.0 Å². The fourth-order valence-electron chi connectivity index (χ4n) is 1.71. The van der Waals surface area contributed by atoms with E-state index in [4.69, 9.17) is 11.6 Å². The second kappa shape index (κ2) is 7.22. The number of rotatable bonds is 3. The van der Waals surface area contributed by atoms with Crippen LogP contribution in [0.25, 0.3) is 0 Å². The van der Waals surface area contributed by atoms with Crippen molar-refractivity contribution in [3.05, 3.63) is 54.1 Å². The highest BCUT2D eigenvalue weighted by molar-refractivity contribution is 9.11. The molecule has 0 spiro atoms. The second-order valence-electron chi connectivity index (χ2n) is 4.22. The Balaban J connectivity index is 2.32. The number of nitrogens with one attached hydrogen (secondary N) is 1. The van der Waals surface area contributed by atoms with Gasteiger partial charge in [0.05, 0.1) is 5.69 Å². The number of carbonyl (C=O) groups excluding carboxylic acids is 1. The van der Waals surface area contributed by atoms with Crippen molar-refractivity contribution in [1.29, 1.82) is 0 Å². The fraction of sp³-hybridized carbons (Fsp3) is 0.143. The molecular weight excluding hydrogens is 487 g/mol. The van der Waals surface area contributed by atoms with Crippen molar-refractivity contribution in [2.75, 3.05) is 5.32 Å². The molecular formula is C14H10Br3ClN2O. The van der Waals surface area contributed by atoms with E-state index in [-0.39, 0.29) is 5.91 Å². The first-order valence-electron chi connectivity index (χ1n) is 6.03. The van der Waals surface area contributed by atoms with Crippen LogP contribution in [0.3, 0.4) is 0 Å².